The number of anilines is 1. The minimum absolute atomic E-state index is 0.143. The molecule has 1 amide bonds. The summed E-state index contributed by atoms with van der Waals surface area (Å²) in [6, 6.07) is 1.78. The van der Waals surface area contributed by atoms with E-state index in [0.29, 0.717) is 6.54 Å². The number of carbonyl (C=O) groups excluding carboxylic acids is 1. The summed E-state index contributed by atoms with van der Waals surface area (Å²) in [5.74, 6) is -4.69. The molecule has 112 valence electrons. The van der Waals surface area contributed by atoms with E-state index in [1.807, 2.05) is 0 Å². The van der Waals surface area contributed by atoms with E-state index < -0.39 is 23.4 Å². The second-order valence-corrected chi connectivity index (χ2v) is 4.48. The first-order chi connectivity index (χ1) is 9.56. The van der Waals surface area contributed by atoms with Crippen molar-refractivity contribution in [1.82, 2.24) is 5.32 Å². The molecule has 0 heterocycles. The number of benzene rings is 1. The lowest BCUT2D eigenvalue weighted by Crippen LogP contribution is -2.23. The Labute approximate surface area is 116 Å². The van der Waals surface area contributed by atoms with E-state index >= 15 is 0 Å². The van der Waals surface area contributed by atoms with Gasteiger partial charge in [-0.1, -0.05) is 19.8 Å². The molecule has 0 fully saturated rings. The molecular formula is C14H19F3N2O. The van der Waals surface area contributed by atoms with Crippen molar-refractivity contribution in [1.29, 1.82) is 0 Å². The number of rotatable bonds is 8. The number of unbranched alkanes of at least 4 members (excludes halogenated alkanes) is 2. The molecule has 0 bridgehead atoms. The molecular weight excluding hydrogens is 269 g/mol. The third-order valence-corrected chi connectivity index (χ3v) is 2.80. The quantitative estimate of drug-likeness (QED) is 0.569. The summed E-state index contributed by atoms with van der Waals surface area (Å²) in [5.41, 5.74) is -0.347. The van der Waals surface area contributed by atoms with Crippen molar-refractivity contribution >= 4 is 11.6 Å². The Bertz CT molecular complexity index is 452. The molecule has 0 unspecified atom stereocenters. The highest BCUT2D eigenvalue weighted by Gasteiger charge is 2.14. The van der Waals surface area contributed by atoms with Crippen molar-refractivity contribution in [3.63, 3.8) is 0 Å². The maximum atomic E-state index is 13.3. The second kappa shape index (κ2) is 8.58. The number of halogens is 3. The highest BCUT2D eigenvalue weighted by molar-refractivity contribution is 5.90. The predicted octanol–water partition coefficient (Wildman–Crippen LogP) is 3.21. The molecule has 0 aliphatic heterocycles. The third kappa shape index (κ3) is 5.21. The molecule has 0 spiro atoms. The molecule has 6 heteroatoms. The first kappa shape index (κ1) is 16.5. The normalized spacial score (nSPS) is 10.6. The van der Waals surface area contributed by atoms with Crippen LogP contribution in [0.3, 0.4) is 0 Å². The molecule has 0 aliphatic carbocycles. The first-order valence-corrected chi connectivity index (χ1v) is 6.70. The van der Waals surface area contributed by atoms with Crippen LogP contribution >= 0.6 is 0 Å². The van der Waals surface area contributed by atoms with Crippen LogP contribution < -0.4 is 10.6 Å². The van der Waals surface area contributed by atoms with E-state index in [9.17, 15) is 18.0 Å². The molecule has 0 aromatic heterocycles. The largest absolute Gasteiger partial charge is 0.323 e. The van der Waals surface area contributed by atoms with Gasteiger partial charge in [-0.05, 0) is 25.1 Å². The van der Waals surface area contributed by atoms with Crippen LogP contribution in [0.25, 0.3) is 0 Å². The Kier molecular flexibility index (Phi) is 7.08. The SMILES string of the molecule is CCCCCNCCC(=O)Nc1ccc(F)c(F)c1F. The number of hydrogen-bond acceptors (Lipinski definition) is 2. The third-order valence-electron chi connectivity index (χ3n) is 2.80. The van der Waals surface area contributed by atoms with E-state index in [1.54, 1.807) is 0 Å². The van der Waals surface area contributed by atoms with Crippen molar-refractivity contribution in [2.45, 2.75) is 32.6 Å². The number of carbonyl (C=O) groups is 1. The lowest BCUT2D eigenvalue weighted by Gasteiger charge is -2.08. The molecule has 1 aromatic rings. The van der Waals surface area contributed by atoms with Crippen LogP contribution in [0, 0.1) is 17.5 Å². The summed E-state index contributed by atoms with van der Waals surface area (Å²) < 4.78 is 39.0. The van der Waals surface area contributed by atoms with Crippen molar-refractivity contribution in [2.75, 3.05) is 18.4 Å². The molecule has 0 aliphatic rings. The zero-order valence-electron chi connectivity index (χ0n) is 11.4. The Hall–Kier alpha value is -1.56. The van der Waals surface area contributed by atoms with Crippen LogP contribution in [-0.4, -0.2) is 19.0 Å². The van der Waals surface area contributed by atoms with E-state index in [4.69, 9.17) is 0 Å². The van der Waals surface area contributed by atoms with Gasteiger partial charge in [0.05, 0.1) is 5.69 Å². The zero-order valence-corrected chi connectivity index (χ0v) is 11.4. The number of amides is 1. The lowest BCUT2D eigenvalue weighted by atomic mass is 10.2. The molecule has 3 nitrogen and oxygen atoms in total. The van der Waals surface area contributed by atoms with Crippen LogP contribution in [0.5, 0.6) is 0 Å². The summed E-state index contributed by atoms with van der Waals surface area (Å²) in [5, 5.41) is 5.30. The Balaban J connectivity index is 2.34. The average molecular weight is 288 g/mol. The van der Waals surface area contributed by atoms with Gasteiger partial charge < -0.3 is 10.6 Å². The number of nitrogens with one attached hydrogen (secondary N) is 2. The van der Waals surface area contributed by atoms with Gasteiger partial charge in [0.1, 0.15) is 0 Å². The molecule has 0 atom stereocenters. The van der Waals surface area contributed by atoms with Crippen LogP contribution in [0.2, 0.25) is 0 Å². The van der Waals surface area contributed by atoms with Gasteiger partial charge >= 0.3 is 0 Å². The van der Waals surface area contributed by atoms with Gasteiger partial charge in [-0.15, -0.1) is 0 Å². The molecule has 0 saturated heterocycles. The summed E-state index contributed by atoms with van der Waals surface area (Å²) in [6.07, 6.45) is 3.43. The van der Waals surface area contributed by atoms with Gasteiger partial charge in [0, 0.05) is 13.0 Å². The standard InChI is InChI=1S/C14H19F3N2O/c1-2-3-4-8-18-9-7-12(20)19-11-6-5-10(15)13(16)14(11)17/h5-6,18H,2-4,7-9H2,1H3,(H,19,20). The van der Waals surface area contributed by atoms with Crippen molar-refractivity contribution in [3.05, 3.63) is 29.6 Å². The maximum absolute atomic E-state index is 13.3. The predicted molar refractivity (Wildman–Crippen MR) is 72.0 cm³/mol. The molecule has 1 aromatic carbocycles. The Morgan fingerprint density at radius 3 is 2.55 bits per heavy atom. The van der Waals surface area contributed by atoms with Crippen LogP contribution in [-0.2, 0) is 4.79 Å². The summed E-state index contributed by atoms with van der Waals surface area (Å²) in [7, 11) is 0. The van der Waals surface area contributed by atoms with Gasteiger partial charge in [0.2, 0.25) is 5.91 Å². The van der Waals surface area contributed by atoms with Crippen LogP contribution in [0.4, 0.5) is 18.9 Å². The number of hydrogen-bond donors (Lipinski definition) is 2. The van der Waals surface area contributed by atoms with Crippen molar-refractivity contribution in [3.8, 4) is 0 Å². The fourth-order valence-electron chi connectivity index (χ4n) is 1.66. The highest BCUT2D eigenvalue weighted by Crippen LogP contribution is 2.19. The van der Waals surface area contributed by atoms with Crippen molar-refractivity contribution in [2.24, 2.45) is 0 Å². The fraction of sp³-hybridized carbons (Fsp3) is 0.500. The molecule has 2 N–H and O–H groups in total. The van der Waals surface area contributed by atoms with Gasteiger partial charge in [-0.3, -0.25) is 4.79 Å². The molecule has 0 saturated carbocycles. The minimum Gasteiger partial charge on any atom is -0.323 e. The highest BCUT2D eigenvalue weighted by atomic mass is 19.2. The smallest absolute Gasteiger partial charge is 0.225 e. The lowest BCUT2D eigenvalue weighted by molar-refractivity contribution is -0.116. The maximum Gasteiger partial charge on any atom is 0.225 e. The van der Waals surface area contributed by atoms with E-state index in [1.165, 1.54) is 0 Å². The Morgan fingerprint density at radius 2 is 1.85 bits per heavy atom. The van der Waals surface area contributed by atoms with Gasteiger partial charge in [0.25, 0.3) is 0 Å². The molecule has 20 heavy (non-hydrogen) atoms. The fourth-order valence-corrected chi connectivity index (χ4v) is 1.66. The minimum atomic E-state index is -1.58. The zero-order chi connectivity index (χ0) is 15.0. The topological polar surface area (TPSA) is 41.1 Å². The van der Waals surface area contributed by atoms with Crippen LogP contribution in [0.1, 0.15) is 32.6 Å². The molecule has 1 rings (SSSR count). The van der Waals surface area contributed by atoms with Crippen LogP contribution in [0.15, 0.2) is 12.1 Å². The van der Waals surface area contributed by atoms with Crippen molar-refractivity contribution < 1.29 is 18.0 Å². The van der Waals surface area contributed by atoms with Gasteiger partial charge in [0.15, 0.2) is 17.5 Å². The first-order valence-electron chi connectivity index (χ1n) is 6.70. The van der Waals surface area contributed by atoms with Gasteiger partial charge in [-0.25, -0.2) is 13.2 Å². The van der Waals surface area contributed by atoms with E-state index in [2.05, 4.69) is 17.6 Å². The summed E-state index contributed by atoms with van der Waals surface area (Å²) >= 11 is 0. The summed E-state index contributed by atoms with van der Waals surface area (Å²) in [4.78, 5) is 11.5. The van der Waals surface area contributed by atoms with Gasteiger partial charge in [-0.2, -0.15) is 0 Å². The molecule has 0 radical (unpaired) electrons. The monoisotopic (exact) mass is 288 g/mol. The van der Waals surface area contributed by atoms with E-state index in [-0.39, 0.29) is 12.1 Å². The van der Waals surface area contributed by atoms with E-state index in [0.717, 1.165) is 37.9 Å². The second-order valence-electron chi connectivity index (χ2n) is 4.48. The Morgan fingerprint density at radius 1 is 1.10 bits per heavy atom. The average Bonchev–Trinajstić information content (AvgIpc) is 2.43. The summed E-state index contributed by atoms with van der Waals surface area (Å²) in [6.45, 7) is 3.38.